The standard InChI is InChI=1S/C18H30N2O4S2/c1-13-8-9-16(24-6)15(12-13)20(26(7,22)23)14(2)17(21)19-10-11-25-18(3,4)5/h8-9,12,14H,10-11H2,1-7H3,(H,19,21)/t14-/m0/s1. The van der Waals surface area contributed by atoms with Gasteiger partial charge in [-0.2, -0.15) is 11.8 Å². The Hall–Kier alpha value is -1.41. The van der Waals surface area contributed by atoms with E-state index in [0.29, 0.717) is 18.0 Å². The van der Waals surface area contributed by atoms with Gasteiger partial charge >= 0.3 is 0 Å². The van der Waals surface area contributed by atoms with E-state index < -0.39 is 16.1 Å². The van der Waals surface area contributed by atoms with Gasteiger partial charge in [-0.1, -0.05) is 26.8 Å². The normalized spacial score (nSPS) is 13.2. The van der Waals surface area contributed by atoms with Gasteiger partial charge in [0.2, 0.25) is 15.9 Å². The fourth-order valence-electron chi connectivity index (χ4n) is 2.43. The van der Waals surface area contributed by atoms with Gasteiger partial charge in [0.05, 0.1) is 19.1 Å². The highest BCUT2D eigenvalue weighted by Crippen LogP contribution is 2.32. The van der Waals surface area contributed by atoms with Crippen molar-refractivity contribution in [1.29, 1.82) is 0 Å². The monoisotopic (exact) mass is 402 g/mol. The number of hydrogen-bond acceptors (Lipinski definition) is 5. The Bertz CT molecular complexity index is 727. The largest absolute Gasteiger partial charge is 0.495 e. The summed E-state index contributed by atoms with van der Waals surface area (Å²) in [5.74, 6) is 0.826. The second-order valence-corrected chi connectivity index (χ2v) is 10.9. The Morgan fingerprint density at radius 1 is 1.35 bits per heavy atom. The average molecular weight is 403 g/mol. The quantitative estimate of drug-likeness (QED) is 0.677. The Labute approximate surface area is 161 Å². The first-order chi connectivity index (χ1) is 11.9. The van der Waals surface area contributed by atoms with Gasteiger partial charge in [-0.15, -0.1) is 0 Å². The van der Waals surface area contributed by atoms with E-state index in [9.17, 15) is 13.2 Å². The summed E-state index contributed by atoms with van der Waals surface area (Å²) in [4.78, 5) is 12.5. The van der Waals surface area contributed by atoms with Crippen LogP contribution < -0.4 is 14.4 Å². The number of anilines is 1. The second-order valence-electron chi connectivity index (χ2n) is 7.16. The number of aryl methyl sites for hydroxylation is 1. The van der Waals surface area contributed by atoms with Crippen LogP contribution in [0, 0.1) is 6.92 Å². The van der Waals surface area contributed by atoms with E-state index in [4.69, 9.17) is 4.74 Å². The van der Waals surface area contributed by atoms with Crippen molar-refractivity contribution in [3.63, 3.8) is 0 Å². The van der Waals surface area contributed by atoms with Crippen LogP contribution in [0.3, 0.4) is 0 Å². The van der Waals surface area contributed by atoms with Crippen molar-refractivity contribution in [3.05, 3.63) is 23.8 Å². The summed E-state index contributed by atoms with van der Waals surface area (Å²) in [5, 5.41) is 2.82. The zero-order valence-electron chi connectivity index (χ0n) is 16.6. The lowest BCUT2D eigenvalue weighted by Crippen LogP contribution is -2.48. The number of hydrogen-bond donors (Lipinski definition) is 1. The second kappa shape index (κ2) is 8.99. The van der Waals surface area contributed by atoms with Gasteiger partial charge in [0.1, 0.15) is 11.8 Å². The van der Waals surface area contributed by atoms with Crippen molar-refractivity contribution in [2.75, 3.05) is 30.0 Å². The predicted molar refractivity (Wildman–Crippen MR) is 110 cm³/mol. The number of amides is 1. The number of carbonyl (C=O) groups excluding carboxylic acids is 1. The van der Waals surface area contributed by atoms with E-state index in [1.54, 1.807) is 30.8 Å². The van der Waals surface area contributed by atoms with E-state index in [2.05, 4.69) is 26.1 Å². The molecule has 1 atom stereocenters. The third kappa shape index (κ3) is 6.72. The maximum absolute atomic E-state index is 12.5. The number of methoxy groups -OCH3 is 1. The van der Waals surface area contributed by atoms with Gasteiger partial charge in [0.25, 0.3) is 0 Å². The van der Waals surface area contributed by atoms with E-state index in [0.717, 1.165) is 21.9 Å². The molecule has 1 aromatic rings. The SMILES string of the molecule is COc1ccc(C)cc1N([C@@H](C)C(=O)NCCSC(C)(C)C)S(C)(=O)=O. The van der Waals surface area contributed by atoms with Crippen LogP contribution in [-0.4, -0.2) is 50.8 Å². The summed E-state index contributed by atoms with van der Waals surface area (Å²) in [6.07, 6.45) is 1.09. The molecule has 0 aromatic heterocycles. The lowest BCUT2D eigenvalue weighted by molar-refractivity contribution is -0.121. The van der Waals surface area contributed by atoms with Crippen molar-refractivity contribution < 1.29 is 17.9 Å². The van der Waals surface area contributed by atoms with Crippen LogP contribution >= 0.6 is 11.8 Å². The molecule has 0 aliphatic heterocycles. The Kier molecular flexibility index (Phi) is 7.83. The molecule has 0 aliphatic rings. The smallest absolute Gasteiger partial charge is 0.243 e. The molecule has 0 heterocycles. The summed E-state index contributed by atoms with van der Waals surface area (Å²) in [6.45, 7) is 10.2. The van der Waals surface area contributed by atoms with Crippen molar-refractivity contribution in [2.24, 2.45) is 0 Å². The molecule has 0 spiro atoms. The topological polar surface area (TPSA) is 75.7 Å². The number of rotatable bonds is 8. The van der Waals surface area contributed by atoms with Crippen LogP contribution in [0.5, 0.6) is 5.75 Å². The Morgan fingerprint density at radius 3 is 2.46 bits per heavy atom. The number of thioether (sulfide) groups is 1. The molecule has 0 saturated carbocycles. The van der Waals surface area contributed by atoms with Gasteiger partial charge in [0.15, 0.2) is 0 Å². The molecule has 0 aliphatic carbocycles. The van der Waals surface area contributed by atoms with Crippen molar-refractivity contribution >= 4 is 33.4 Å². The van der Waals surface area contributed by atoms with E-state index >= 15 is 0 Å². The van der Waals surface area contributed by atoms with Crippen LogP contribution in [0.15, 0.2) is 18.2 Å². The first kappa shape index (κ1) is 22.6. The molecule has 0 bridgehead atoms. The number of nitrogens with zero attached hydrogens (tertiary/aromatic N) is 1. The van der Waals surface area contributed by atoms with Crippen LogP contribution in [0.2, 0.25) is 0 Å². The van der Waals surface area contributed by atoms with Gasteiger partial charge < -0.3 is 10.1 Å². The molecule has 0 unspecified atom stereocenters. The maximum Gasteiger partial charge on any atom is 0.243 e. The molecular weight excluding hydrogens is 372 g/mol. The third-order valence-corrected chi connectivity index (χ3v) is 6.10. The van der Waals surface area contributed by atoms with Gasteiger partial charge in [0, 0.05) is 17.0 Å². The molecule has 1 N–H and O–H groups in total. The molecule has 8 heteroatoms. The van der Waals surface area contributed by atoms with E-state index in [-0.39, 0.29) is 10.7 Å². The van der Waals surface area contributed by atoms with Crippen molar-refractivity contribution in [1.82, 2.24) is 5.32 Å². The first-order valence-electron chi connectivity index (χ1n) is 8.42. The van der Waals surface area contributed by atoms with Crippen LogP contribution in [0.25, 0.3) is 0 Å². The number of sulfonamides is 1. The predicted octanol–water partition coefficient (Wildman–Crippen LogP) is 2.81. The summed E-state index contributed by atoms with van der Waals surface area (Å²) in [7, 11) is -2.20. The summed E-state index contributed by atoms with van der Waals surface area (Å²) in [6, 6.07) is 4.35. The number of benzene rings is 1. The molecule has 1 amide bonds. The Morgan fingerprint density at radius 2 is 1.96 bits per heavy atom. The lowest BCUT2D eigenvalue weighted by Gasteiger charge is -2.29. The number of carbonyl (C=O) groups is 1. The Balaban J connectivity index is 3.01. The lowest BCUT2D eigenvalue weighted by atomic mass is 10.2. The maximum atomic E-state index is 12.5. The summed E-state index contributed by atoms with van der Waals surface area (Å²) < 4.78 is 31.3. The van der Waals surface area contributed by atoms with E-state index in [1.807, 2.05) is 13.0 Å². The molecule has 26 heavy (non-hydrogen) atoms. The highest BCUT2D eigenvalue weighted by Gasteiger charge is 2.31. The minimum atomic E-state index is -3.68. The van der Waals surface area contributed by atoms with Gasteiger partial charge in [-0.25, -0.2) is 8.42 Å². The molecule has 1 aromatic carbocycles. The minimum Gasteiger partial charge on any atom is -0.495 e. The van der Waals surface area contributed by atoms with Crippen LogP contribution in [0.4, 0.5) is 5.69 Å². The fraction of sp³-hybridized carbons (Fsp3) is 0.611. The van der Waals surface area contributed by atoms with Crippen molar-refractivity contribution in [2.45, 2.75) is 45.4 Å². The van der Waals surface area contributed by atoms with Gasteiger partial charge in [-0.3, -0.25) is 9.10 Å². The van der Waals surface area contributed by atoms with E-state index in [1.165, 1.54) is 7.11 Å². The average Bonchev–Trinajstić information content (AvgIpc) is 2.49. The molecule has 0 radical (unpaired) electrons. The zero-order valence-corrected chi connectivity index (χ0v) is 18.3. The molecule has 1 rings (SSSR count). The molecular formula is C18H30N2O4S2. The minimum absolute atomic E-state index is 0.115. The molecule has 148 valence electrons. The molecule has 0 saturated heterocycles. The molecule has 6 nitrogen and oxygen atoms in total. The van der Waals surface area contributed by atoms with Crippen molar-refractivity contribution in [3.8, 4) is 5.75 Å². The third-order valence-electron chi connectivity index (χ3n) is 3.60. The number of ether oxygens (including phenoxy) is 1. The highest BCUT2D eigenvalue weighted by molar-refractivity contribution is 8.00. The summed E-state index contributed by atoms with van der Waals surface area (Å²) >= 11 is 1.74. The van der Waals surface area contributed by atoms with Crippen LogP contribution in [-0.2, 0) is 14.8 Å². The fourth-order valence-corrected chi connectivity index (χ4v) is 4.42. The first-order valence-corrected chi connectivity index (χ1v) is 11.3. The zero-order chi connectivity index (χ0) is 20.1. The summed E-state index contributed by atoms with van der Waals surface area (Å²) in [5.41, 5.74) is 1.24. The molecule has 0 fully saturated rings. The van der Waals surface area contributed by atoms with Gasteiger partial charge in [-0.05, 0) is 31.5 Å². The van der Waals surface area contributed by atoms with Crippen LogP contribution in [0.1, 0.15) is 33.3 Å². The number of nitrogens with one attached hydrogen (secondary N) is 1. The highest BCUT2D eigenvalue weighted by atomic mass is 32.2.